The molecule has 0 N–H and O–H groups in total. The monoisotopic (exact) mass is 353 g/mol. The summed E-state index contributed by atoms with van der Waals surface area (Å²) in [7, 11) is 0. The number of hydrogen-bond donors (Lipinski definition) is 0. The minimum atomic E-state index is -0.129. The number of rotatable bonds is 6. The summed E-state index contributed by atoms with van der Waals surface area (Å²) in [6.45, 7) is 12.5. The SMILES string of the molecule is C=C(CC(C)c1c(F)cccc1/C(C)=C/N=C\C)C1CCC(=CC)CC1. The normalized spacial score (nSPS) is 19.7. The molecular formula is C24H32FN. The second kappa shape index (κ2) is 9.66. The van der Waals surface area contributed by atoms with Gasteiger partial charge in [-0.15, -0.1) is 0 Å². The molecule has 0 aliphatic heterocycles. The molecule has 1 aromatic rings. The van der Waals surface area contributed by atoms with E-state index >= 15 is 0 Å². The highest BCUT2D eigenvalue weighted by atomic mass is 19.1. The van der Waals surface area contributed by atoms with E-state index in [0.29, 0.717) is 5.92 Å². The average Bonchev–Trinajstić information content (AvgIpc) is 2.65. The fourth-order valence-electron chi connectivity index (χ4n) is 3.99. The van der Waals surface area contributed by atoms with Crippen LogP contribution < -0.4 is 0 Å². The van der Waals surface area contributed by atoms with Crippen molar-refractivity contribution in [3.05, 3.63) is 65.1 Å². The number of halogens is 1. The highest BCUT2D eigenvalue weighted by Gasteiger charge is 2.23. The van der Waals surface area contributed by atoms with Gasteiger partial charge in [-0.3, -0.25) is 4.99 Å². The van der Waals surface area contributed by atoms with Crippen LogP contribution in [0.2, 0.25) is 0 Å². The fraction of sp³-hybridized carbons (Fsp3) is 0.458. The van der Waals surface area contributed by atoms with Crippen LogP contribution >= 0.6 is 0 Å². The van der Waals surface area contributed by atoms with Gasteiger partial charge in [0.2, 0.25) is 0 Å². The van der Waals surface area contributed by atoms with Crippen molar-refractivity contribution in [2.45, 2.75) is 65.7 Å². The summed E-state index contributed by atoms with van der Waals surface area (Å²) in [5.74, 6) is 0.546. The molecule has 0 spiro atoms. The van der Waals surface area contributed by atoms with Crippen LogP contribution in [0.1, 0.15) is 76.8 Å². The van der Waals surface area contributed by atoms with E-state index in [-0.39, 0.29) is 11.7 Å². The van der Waals surface area contributed by atoms with Crippen molar-refractivity contribution in [3.8, 4) is 0 Å². The summed E-state index contributed by atoms with van der Waals surface area (Å²) in [4.78, 5) is 4.20. The number of allylic oxidation sites excluding steroid dienone is 4. The van der Waals surface area contributed by atoms with Gasteiger partial charge in [0, 0.05) is 12.4 Å². The van der Waals surface area contributed by atoms with Crippen LogP contribution in [-0.4, -0.2) is 6.21 Å². The lowest BCUT2D eigenvalue weighted by Crippen LogP contribution is -2.13. The lowest BCUT2D eigenvalue weighted by atomic mass is 9.78. The molecule has 0 bridgehead atoms. The van der Waals surface area contributed by atoms with Crippen LogP contribution in [0.25, 0.3) is 5.57 Å². The minimum Gasteiger partial charge on any atom is -0.269 e. The molecule has 0 amide bonds. The second-order valence-corrected chi connectivity index (χ2v) is 7.41. The van der Waals surface area contributed by atoms with E-state index in [2.05, 4.69) is 31.5 Å². The third kappa shape index (κ3) is 5.03. The molecule has 2 heteroatoms. The smallest absolute Gasteiger partial charge is 0.127 e. The summed E-state index contributed by atoms with van der Waals surface area (Å²) in [6.07, 6.45) is 11.4. The number of aliphatic imine (C=N–C) groups is 1. The molecule has 1 nitrogen and oxygen atoms in total. The molecule has 1 aliphatic carbocycles. The first kappa shape index (κ1) is 20.4. The molecule has 0 heterocycles. The van der Waals surface area contributed by atoms with Crippen LogP contribution in [0.4, 0.5) is 4.39 Å². The highest BCUT2D eigenvalue weighted by Crippen LogP contribution is 2.38. The van der Waals surface area contributed by atoms with Crippen LogP contribution in [0, 0.1) is 11.7 Å². The van der Waals surface area contributed by atoms with Gasteiger partial charge in [0.1, 0.15) is 5.82 Å². The molecule has 26 heavy (non-hydrogen) atoms. The minimum absolute atomic E-state index is 0.107. The van der Waals surface area contributed by atoms with Gasteiger partial charge >= 0.3 is 0 Å². The summed E-state index contributed by atoms with van der Waals surface area (Å²) in [5.41, 5.74) is 5.57. The summed E-state index contributed by atoms with van der Waals surface area (Å²) >= 11 is 0. The van der Waals surface area contributed by atoms with Crippen LogP contribution in [-0.2, 0) is 0 Å². The Balaban J connectivity index is 2.16. The zero-order chi connectivity index (χ0) is 19.1. The molecule has 2 rings (SSSR count). The molecular weight excluding hydrogens is 321 g/mol. The zero-order valence-corrected chi connectivity index (χ0v) is 16.7. The van der Waals surface area contributed by atoms with E-state index in [1.807, 2.05) is 19.9 Å². The quantitative estimate of drug-likeness (QED) is 0.371. The Morgan fingerprint density at radius 3 is 2.62 bits per heavy atom. The Kier molecular flexibility index (Phi) is 7.56. The molecule has 1 unspecified atom stereocenters. The summed E-state index contributed by atoms with van der Waals surface area (Å²) < 4.78 is 14.7. The molecule has 0 saturated heterocycles. The standard InChI is InChI=1S/C24H32FN/c1-6-20-11-13-21(14-12-20)17(3)15-18(4)24-22(9-8-10-23(24)25)19(5)16-26-7-2/h6-10,16,18,21H,3,11-15H2,1-2,4-5H3/b19-16+,20-6?,26-7-. The molecule has 1 fully saturated rings. The van der Waals surface area contributed by atoms with Crippen LogP contribution in [0.15, 0.2) is 53.2 Å². The van der Waals surface area contributed by atoms with Crippen molar-refractivity contribution in [2.75, 3.05) is 0 Å². The van der Waals surface area contributed by atoms with E-state index in [1.54, 1.807) is 30.1 Å². The van der Waals surface area contributed by atoms with Crippen LogP contribution in [0.3, 0.4) is 0 Å². The van der Waals surface area contributed by atoms with E-state index in [4.69, 9.17) is 0 Å². The van der Waals surface area contributed by atoms with Gasteiger partial charge in [-0.05, 0) is 87.5 Å². The lowest BCUT2D eigenvalue weighted by molar-refractivity contribution is 0.445. The highest BCUT2D eigenvalue weighted by molar-refractivity contribution is 5.69. The molecule has 1 aliphatic rings. The van der Waals surface area contributed by atoms with Gasteiger partial charge in [-0.1, -0.05) is 42.9 Å². The largest absolute Gasteiger partial charge is 0.269 e. The third-order valence-electron chi connectivity index (χ3n) is 5.57. The predicted octanol–water partition coefficient (Wildman–Crippen LogP) is 7.46. The Morgan fingerprint density at radius 2 is 2.00 bits per heavy atom. The van der Waals surface area contributed by atoms with E-state index in [1.165, 1.54) is 31.3 Å². The van der Waals surface area contributed by atoms with E-state index < -0.39 is 0 Å². The van der Waals surface area contributed by atoms with Gasteiger partial charge in [0.15, 0.2) is 0 Å². The van der Waals surface area contributed by atoms with Gasteiger partial charge in [-0.25, -0.2) is 4.39 Å². The Hall–Kier alpha value is -1.96. The van der Waals surface area contributed by atoms with Gasteiger partial charge in [0.25, 0.3) is 0 Å². The summed E-state index contributed by atoms with van der Waals surface area (Å²) in [6, 6.07) is 5.34. The maximum absolute atomic E-state index is 14.7. The molecule has 140 valence electrons. The molecule has 1 atom stereocenters. The summed E-state index contributed by atoms with van der Waals surface area (Å²) in [5, 5.41) is 0. The van der Waals surface area contributed by atoms with Crippen molar-refractivity contribution >= 4 is 11.8 Å². The van der Waals surface area contributed by atoms with Crippen molar-refractivity contribution < 1.29 is 4.39 Å². The third-order valence-corrected chi connectivity index (χ3v) is 5.57. The Morgan fingerprint density at radius 1 is 1.31 bits per heavy atom. The first-order chi connectivity index (χ1) is 12.5. The van der Waals surface area contributed by atoms with Crippen molar-refractivity contribution in [1.82, 2.24) is 0 Å². The van der Waals surface area contributed by atoms with E-state index in [9.17, 15) is 4.39 Å². The first-order valence-electron chi connectivity index (χ1n) is 9.73. The topological polar surface area (TPSA) is 12.4 Å². The van der Waals surface area contributed by atoms with Crippen molar-refractivity contribution in [1.29, 1.82) is 0 Å². The number of hydrogen-bond acceptors (Lipinski definition) is 1. The molecule has 0 radical (unpaired) electrons. The van der Waals surface area contributed by atoms with Crippen LogP contribution in [0.5, 0.6) is 0 Å². The second-order valence-electron chi connectivity index (χ2n) is 7.41. The molecule has 0 aromatic heterocycles. The van der Waals surface area contributed by atoms with Gasteiger partial charge in [0.05, 0.1) is 0 Å². The maximum Gasteiger partial charge on any atom is 0.127 e. The molecule has 1 saturated carbocycles. The number of benzene rings is 1. The van der Waals surface area contributed by atoms with Crippen molar-refractivity contribution in [2.24, 2.45) is 10.9 Å². The van der Waals surface area contributed by atoms with Crippen molar-refractivity contribution in [3.63, 3.8) is 0 Å². The Labute approximate surface area is 158 Å². The Bertz CT molecular complexity index is 714. The van der Waals surface area contributed by atoms with Gasteiger partial charge < -0.3 is 0 Å². The first-order valence-corrected chi connectivity index (χ1v) is 9.73. The predicted molar refractivity (Wildman–Crippen MR) is 112 cm³/mol. The fourth-order valence-corrected chi connectivity index (χ4v) is 3.99. The average molecular weight is 354 g/mol. The zero-order valence-electron chi connectivity index (χ0n) is 16.7. The number of nitrogens with zero attached hydrogens (tertiary/aromatic N) is 1. The van der Waals surface area contributed by atoms with Gasteiger partial charge in [-0.2, -0.15) is 0 Å². The maximum atomic E-state index is 14.7. The lowest BCUT2D eigenvalue weighted by Gasteiger charge is -2.28. The van der Waals surface area contributed by atoms with E-state index in [0.717, 1.165) is 23.1 Å². The molecule has 1 aromatic carbocycles.